The van der Waals surface area contributed by atoms with Crippen molar-refractivity contribution >= 4 is 22.7 Å². The van der Waals surface area contributed by atoms with Crippen LogP contribution in [0.15, 0.2) is 41.2 Å². The van der Waals surface area contributed by atoms with E-state index in [4.69, 9.17) is 10.5 Å². The molecule has 0 saturated carbocycles. The second-order valence-corrected chi connectivity index (χ2v) is 5.56. The minimum absolute atomic E-state index is 0.0703. The predicted octanol–water partition coefficient (Wildman–Crippen LogP) is 2.67. The fourth-order valence-electron chi connectivity index (χ4n) is 2.72. The van der Waals surface area contributed by atoms with Crippen LogP contribution in [0.1, 0.15) is 17.3 Å². The number of benzene rings is 1. The summed E-state index contributed by atoms with van der Waals surface area (Å²) in [6, 6.07) is 8.11. The van der Waals surface area contributed by atoms with Crippen molar-refractivity contribution in [1.29, 1.82) is 0 Å². The Morgan fingerprint density at radius 2 is 1.93 bits per heavy atom. The number of nitrogens with zero attached hydrogens (tertiary/aromatic N) is 2. The highest BCUT2D eigenvalue weighted by atomic mass is 19.3. The summed E-state index contributed by atoms with van der Waals surface area (Å²) in [6.45, 7) is -0.923. The predicted molar refractivity (Wildman–Crippen MR) is 96.5 cm³/mol. The molecule has 0 saturated heterocycles. The molecule has 0 fully saturated rings. The zero-order valence-electron chi connectivity index (χ0n) is 14.6. The van der Waals surface area contributed by atoms with Gasteiger partial charge in [0.2, 0.25) is 5.88 Å². The number of alkyl halides is 2. The lowest BCUT2D eigenvalue weighted by Gasteiger charge is -2.15. The Hall–Kier alpha value is -3.69. The van der Waals surface area contributed by atoms with E-state index < -0.39 is 23.7 Å². The van der Waals surface area contributed by atoms with Crippen molar-refractivity contribution in [2.24, 2.45) is 0 Å². The van der Waals surface area contributed by atoms with Crippen LogP contribution in [0.3, 0.4) is 0 Å². The van der Waals surface area contributed by atoms with Gasteiger partial charge in [-0.05, 0) is 37.3 Å². The number of nitrogen functional groups attached to an aromatic ring is 1. The van der Waals surface area contributed by atoms with Gasteiger partial charge in [0.05, 0.1) is 18.0 Å². The molecule has 0 radical (unpaired) electrons. The molecule has 3 aromatic rings. The minimum atomic E-state index is -3.00. The van der Waals surface area contributed by atoms with E-state index in [1.165, 1.54) is 36.4 Å². The summed E-state index contributed by atoms with van der Waals surface area (Å²) in [4.78, 5) is 28.7. The Kier molecular flexibility index (Phi) is 5.12. The number of hydrogen-bond acceptors (Lipinski definition) is 6. The maximum absolute atomic E-state index is 12.8. The molecule has 8 nitrogen and oxygen atoms in total. The fourth-order valence-corrected chi connectivity index (χ4v) is 2.72. The molecule has 0 aliphatic carbocycles. The average Bonchev–Trinajstić information content (AvgIpc) is 2.62. The van der Waals surface area contributed by atoms with Crippen LogP contribution in [0.4, 0.5) is 14.5 Å². The Bertz CT molecular complexity index is 1100. The molecule has 2 heterocycles. The first-order valence-corrected chi connectivity index (χ1v) is 8.10. The summed E-state index contributed by atoms with van der Waals surface area (Å²) in [5, 5.41) is 9.65. The van der Waals surface area contributed by atoms with E-state index in [1.807, 2.05) is 0 Å². The second kappa shape index (κ2) is 7.51. The third-order valence-electron chi connectivity index (χ3n) is 3.86. The lowest BCUT2D eigenvalue weighted by atomic mass is 10.1. The third kappa shape index (κ3) is 3.43. The highest BCUT2D eigenvalue weighted by Crippen LogP contribution is 2.26. The molecule has 3 rings (SSSR count). The first kappa shape index (κ1) is 19.1. The number of rotatable bonds is 6. The molecule has 0 aliphatic heterocycles. The maximum Gasteiger partial charge on any atom is 0.387 e. The van der Waals surface area contributed by atoms with Crippen molar-refractivity contribution in [2.75, 3.05) is 12.3 Å². The number of nitrogens with two attached hydrogens (primary N) is 1. The van der Waals surface area contributed by atoms with Crippen LogP contribution in [0.2, 0.25) is 0 Å². The number of carboxylic acids is 1. The Balaban J connectivity index is 2.31. The molecule has 0 amide bonds. The highest BCUT2D eigenvalue weighted by molar-refractivity contribution is 6.03. The maximum atomic E-state index is 12.8. The summed E-state index contributed by atoms with van der Waals surface area (Å²) in [5.41, 5.74) is 4.40. The number of fused-ring (bicyclic) bond motifs is 1. The number of ether oxygens (including phenoxy) is 2. The zero-order chi connectivity index (χ0) is 20.4. The minimum Gasteiger partial charge on any atom is -0.478 e. The quantitative estimate of drug-likeness (QED) is 0.663. The largest absolute Gasteiger partial charge is 0.478 e. The molecule has 0 aliphatic rings. The number of aromatic carboxylic acids is 1. The molecule has 0 spiro atoms. The van der Waals surface area contributed by atoms with Gasteiger partial charge < -0.3 is 20.3 Å². The average molecular weight is 391 g/mol. The number of aromatic nitrogens is 2. The van der Waals surface area contributed by atoms with E-state index >= 15 is 0 Å². The first-order chi connectivity index (χ1) is 13.3. The van der Waals surface area contributed by atoms with E-state index in [0.717, 1.165) is 4.57 Å². The van der Waals surface area contributed by atoms with Gasteiger partial charge in [-0.2, -0.15) is 13.8 Å². The number of hydrogen-bond donors (Lipinski definition) is 2. The second-order valence-electron chi connectivity index (χ2n) is 5.56. The van der Waals surface area contributed by atoms with Gasteiger partial charge in [-0.1, -0.05) is 0 Å². The van der Waals surface area contributed by atoms with Gasteiger partial charge in [0.1, 0.15) is 11.3 Å². The van der Waals surface area contributed by atoms with E-state index in [-0.39, 0.29) is 34.0 Å². The van der Waals surface area contributed by atoms with Crippen molar-refractivity contribution in [3.8, 4) is 17.3 Å². The summed E-state index contributed by atoms with van der Waals surface area (Å²) >= 11 is 0. The smallest absolute Gasteiger partial charge is 0.387 e. The molecule has 1 aromatic carbocycles. The monoisotopic (exact) mass is 391 g/mol. The molecular weight excluding hydrogens is 376 g/mol. The first-order valence-electron chi connectivity index (χ1n) is 8.10. The van der Waals surface area contributed by atoms with Gasteiger partial charge in [-0.3, -0.25) is 9.36 Å². The van der Waals surface area contributed by atoms with Crippen LogP contribution in [0.25, 0.3) is 16.7 Å². The van der Waals surface area contributed by atoms with Crippen molar-refractivity contribution < 1.29 is 28.2 Å². The topological polar surface area (TPSA) is 117 Å². The molecule has 3 N–H and O–H groups in total. The van der Waals surface area contributed by atoms with Gasteiger partial charge >= 0.3 is 12.6 Å². The van der Waals surface area contributed by atoms with E-state index in [0.29, 0.717) is 6.61 Å². The van der Waals surface area contributed by atoms with Crippen LogP contribution < -0.4 is 20.8 Å². The number of halogens is 2. The van der Waals surface area contributed by atoms with E-state index in [9.17, 15) is 23.5 Å². The molecule has 0 atom stereocenters. The summed E-state index contributed by atoms with van der Waals surface area (Å²) < 4.78 is 35.3. The number of pyridine rings is 2. The van der Waals surface area contributed by atoms with Crippen LogP contribution in [-0.2, 0) is 0 Å². The Labute approximate surface area is 156 Å². The van der Waals surface area contributed by atoms with Crippen LogP contribution in [0.5, 0.6) is 11.6 Å². The molecule has 28 heavy (non-hydrogen) atoms. The third-order valence-corrected chi connectivity index (χ3v) is 3.86. The summed E-state index contributed by atoms with van der Waals surface area (Å²) in [7, 11) is 0. The van der Waals surface area contributed by atoms with Crippen molar-refractivity contribution in [1.82, 2.24) is 9.55 Å². The Morgan fingerprint density at radius 3 is 2.50 bits per heavy atom. The molecule has 0 unspecified atom stereocenters. The molecular formula is C18H15F2N3O5. The van der Waals surface area contributed by atoms with Crippen molar-refractivity contribution in [2.45, 2.75) is 13.5 Å². The van der Waals surface area contributed by atoms with Gasteiger partial charge in [0.25, 0.3) is 5.56 Å². The van der Waals surface area contributed by atoms with Gasteiger partial charge in [-0.25, -0.2) is 4.79 Å². The van der Waals surface area contributed by atoms with Crippen LogP contribution in [-0.4, -0.2) is 33.8 Å². The van der Waals surface area contributed by atoms with Crippen LogP contribution in [0, 0.1) is 0 Å². The number of carboxylic acid groups (broad SMARTS) is 1. The Morgan fingerprint density at radius 1 is 1.25 bits per heavy atom. The number of carbonyl (C=O) groups is 1. The fraction of sp³-hybridized carbons (Fsp3) is 0.167. The standard InChI is InChI=1S/C18H15F2N3O5/c1-2-27-12-8-7-11-14(21)13(17(25)26)16(24)23(15(11)22-12)9-3-5-10(6-4-9)28-18(19)20/h3-8,18H,2,21H2,1H3,(H,25,26). The molecule has 0 bridgehead atoms. The van der Waals surface area contributed by atoms with Crippen molar-refractivity contribution in [3.05, 3.63) is 52.3 Å². The van der Waals surface area contributed by atoms with E-state index in [2.05, 4.69) is 9.72 Å². The molecule has 10 heteroatoms. The van der Waals surface area contributed by atoms with Crippen molar-refractivity contribution in [3.63, 3.8) is 0 Å². The van der Waals surface area contributed by atoms with E-state index in [1.54, 1.807) is 6.92 Å². The van der Waals surface area contributed by atoms with Gasteiger partial charge in [-0.15, -0.1) is 0 Å². The summed E-state index contributed by atoms with van der Waals surface area (Å²) in [6.07, 6.45) is 0. The summed E-state index contributed by atoms with van der Waals surface area (Å²) in [5.74, 6) is -1.40. The lowest BCUT2D eigenvalue weighted by molar-refractivity contribution is -0.0498. The molecule has 146 valence electrons. The highest BCUT2D eigenvalue weighted by Gasteiger charge is 2.22. The number of anilines is 1. The van der Waals surface area contributed by atoms with Gasteiger partial charge in [0.15, 0.2) is 5.65 Å². The van der Waals surface area contributed by atoms with Gasteiger partial charge in [0, 0.05) is 11.5 Å². The lowest BCUT2D eigenvalue weighted by Crippen LogP contribution is -2.28. The normalized spacial score (nSPS) is 11.0. The SMILES string of the molecule is CCOc1ccc2c(N)c(C(=O)O)c(=O)n(-c3ccc(OC(F)F)cc3)c2n1. The van der Waals surface area contributed by atoms with Crippen LogP contribution >= 0.6 is 0 Å². The molecule has 2 aromatic heterocycles. The zero-order valence-corrected chi connectivity index (χ0v) is 14.6.